The number of piperazine rings is 1. The lowest BCUT2D eigenvalue weighted by molar-refractivity contribution is -0.121. The molecule has 0 unspecified atom stereocenters. The van der Waals surface area contributed by atoms with Crippen molar-refractivity contribution in [3.05, 3.63) is 54.1 Å². The molecule has 1 saturated heterocycles. The van der Waals surface area contributed by atoms with Gasteiger partial charge >= 0.3 is 6.09 Å². The number of anilines is 1. The Kier molecular flexibility index (Phi) is 7.28. The van der Waals surface area contributed by atoms with Gasteiger partial charge in [0.1, 0.15) is 17.9 Å². The number of rotatable bonds is 6. The van der Waals surface area contributed by atoms with Gasteiger partial charge in [-0.15, -0.1) is 0 Å². The number of ether oxygens (including phenoxy) is 2. The maximum atomic E-state index is 12.9. The first-order chi connectivity index (χ1) is 15.4. The molecule has 10 heteroatoms. The third kappa shape index (κ3) is 6.93. The summed E-state index contributed by atoms with van der Waals surface area (Å²) in [6.45, 7) is 5.62. The van der Waals surface area contributed by atoms with E-state index in [0.717, 1.165) is 6.26 Å². The lowest BCUT2D eigenvalue weighted by Crippen LogP contribution is -2.53. The summed E-state index contributed by atoms with van der Waals surface area (Å²) in [7, 11) is -3.62. The predicted octanol–water partition coefficient (Wildman–Crippen LogP) is 3.54. The molecule has 2 amide bonds. The van der Waals surface area contributed by atoms with Crippen molar-refractivity contribution in [3.63, 3.8) is 0 Å². The van der Waals surface area contributed by atoms with Crippen molar-refractivity contribution < 1.29 is 31.7 Å². The summed E-state index contributed by atoms with van der Waals surface area (Å²) in [6.07, 6.45) is 0.453. The van der Waals surface area contributed by atoms with Gasteiger partial charge < -0.3 is 14.4 Å². The SMILES string of the molecule is CC(C)(C)OC(=O)N1CCN(c2ccccc2Oc2ccccc2COS(C)(=O)=O)C(=O)C1. The number of benzene rings is 2. The van der Waals surface area contributed by atoms with Crippen LogP contribution < -0.4 is 9.64 Å². The predicted molar refractivity (Wildman–Crippen MR) is 123 cm³/mol. The Labute approximate surface area is 194 Å². The van der Waals surface area contributed by atoms with E-state index in [9.17, 15) is 18.0 Å². The van der Waals surface area contributed by atoms with Crippen LogP contribution in [0.25, 0.3) is 0 Å². The summed E-state index contributed by atoms with van der Waals surface area (Å²) < 4.78 is 39.1. The number of carbonyl (C=O) groups is 2. The Bertz CT molecular complexity index is 1130. The summed E-state index contributed by atoms with van der Waals surface area (Å²) >= 11 is 0. The molecule has 0 aromatic heterocycles. The van der Waals surface area contributed by atoms with Crippen molar-refractivity contribution in [2.24, 2.45) is 0 Å². The van der Waals surface area contributed by atoms with Crippen LogP contribution in [0.2, 0.25) is 0 Å². The smallest absolute Gasteiger partial charge is 0.410 e. The quantitative estimate of drug-likeness (QED) is 0.588. The van der Waals surface area contributed by atoms with E-state index in [0.29, 0.717) is 29.3 Å². The molecule has 0 atom stereocenters. The Morgan fingerprint density at radius 1 is 1.00 bits per heavy atom. The first-order valence-corrected chi connectivity index (χ1v) is 12.2. The van der Waals surface area contributed by atoms with Crippen LogP contribution in [0.5, 0.6) is 11.5 Å². The minimum Gasteiger partial charge on any atom is -0.455 e. The highest BCUT2D eigenvalue weighted by Gasteiger charge is 2.32. The average Bonchev–Trinajstić information content (AvgIpc) is 2.72. The van der Waals surface area contributed by atoms with Gasteiger partial charge in [0.15, 0.2) is 5.75 Å². The van der Waals surface area contributed by atoms with E-state index in [1.165, 1.54) is 4.90 Å². The minimum atomic E-state index is -3.62. The monoisotopic (exact) mass is 476 g/mol. The van der Waals surface area contributed by atoms with Gasteiger partial charge in [-0.1, -0.05) is 30.3 Å². The van der Waals surface area contributed by atoms with Crippen LogP contribution >= 0.6 is 0 Å². The lowest BCUT2D eigenvalue weighted by Gasteiger charge is -2.35. The molecule has 0 aliphatic carbocycles. The molecule has 0 N–H and O–H groups in total. The van der Waals surface area contributed by atoms with E-state index in [-0.39, 0.29) is 25.6 Å². The molecular formula is C23H28N2O7S. The van der Waals surface area contributed by atoms with Gasteiger partial charge in [-0.25, -0.2) is 4.79 Å². The number of nitrogens with zero attached hydrogens (tertiary/aromatic N) is 2. The molecule has 1 aliphatic rings. The van der Waals surface area contributed by atoms with Crippen LogP contribution in [0, 0.1) is 0 Å². The molecule has 1 fully saturated rings. The van der Waals surface area contributed by atoms with Crippen LogP contribution in [0.3, 0.4) is 0 Å². The number of amides is 2. The van der Waals surface area contributed by atoms with Crippen molar-refractivity contribution in [1.82, 2.24) is 4.90 Å². The summed E-state index contributed by atoms with van der Waals surface area (Å²) in [6, 6.07) is 13.9. The third-order valence-electron chi connectivity index (χ3n) is 4.65. The molecule has 0 bridgehead atoms. The van der Waals surface area contributed by atoms with E-state index in [4.69, 9.17) is 13.7 Å². The van der Waals surface area contributed by atoms with Gasteiger partial charge in [-0.3, -0.25) is 13.9 Å². The second-order valence-corrected chi connectivity index (χ2v) is 10.2. The fourth-order valence-electron chi connectivity index (χ4n) is 3.19. The molecule has 33 heavy (non-hydrogen) atoms. The first-order valence-electron chi connectivity index (χ1n) is 10.4. The van der Waals surface area contributed by atoms with Crippen molar-refractivity contribution >= 4 is 27.8 Å². The van der Waals surface area contributed by atoms with Crippen molar-refractivity contribution in [2.75, 3.05) is 30.8 Å². The van der Waals surface area contributed by atoms with Gasteiger partial charge in [-0.05, 0) is 39.0 Å². The van der Waals surface area contributed by atoms with Crippen LogP contribution in [0.15, 0.2) is 48.5 Å². The maximum absolute atomic E-state index is 12.9. The summed E-state index contributed by atoms with van der Waals surface area (Å²) in [5.74, 6) is 0.564. The Balaban J connectivity index is 1.77. The molecule has 3 rings (SSSR count). The summed E-state index contributed by atoms with van der Waals surface area (Å²) in [5.41, 5.74) is 0.440. The van der Waals surface area contributed by atoms with Gasteiger partial charge in [-0.2, -0.15) is 8.42 Å². The Morgan fingerprint density at radius 3 is 2.27 bits per heavy atom. The molecule has 0 spiro atoms. The van der Waals surface area contributed by atoms with E-state index >= 15 is 0 Å². The normalized spacial score (nSPS) is 14.8. The number of hydrogen-bond acceptors (Lipinski definition) is 7. The standard InChI is InChI=1S/C23H28N2O7S/c1-23(2,3)32-22(27)24-13-14-25(21(26)15-24)18-10-6-8-12-20(18)31-19-11-7-5-9-17(19)16-30-33(4,28)29/h5-12H,13-16H2,1-4H3. The van der Waals surface area contributed by atoms with Gasteiger partial charge in [0, 0.05) is 18.7 Å². The van der Waals surface area contributed by atoms with Gasteiger partial charge in [0.2, 0.25) is 5.91 Å². The average molecular weight is 477 g/mol. The zero-order valence-electron chi connectivity index (χ0n) is 19.1. The van der Waals surface area contributed by atoms with Gasteiger partial charge in [0.25, 0.3) is 10.1 Å². The second-order valence-electron chi connectivity index (χ2n) is 8.59. The van der Waals surface area contributed by atoms with E-state index < -0.39 is 21.8 Å². The molecule has 1 heterocycles. The zero-order valence-corrected chi connectivity index (χ0v) is 19.9. The van der Waals surface area contributed by atoms with Crippen LogP contribution in [0.4, 0.5) is 10.5 Å². The Hall–Kier alpha value is -3.11. The van der Waals surface area contributed by atoms with Crippen LogP contribution in [-0.2, 0) is 30.4 Å². The summed E-state index contributed by atoms with van der Waals surface area (Å²) in [5, 5.41) is 0. The van der Waals surface area contributed by atoms with Crippen LogP contribution in [0.1, 0.15) is 26.3 Å². The fraction of sp³-hybridized carbons (Fsp3) is 0.391. The fourth-order valence-corrected chi connectivity index (χ4v) is 3.53. The lowest BCUT2D eigenvalue weighted by atomic mass is 10.2. The highest BCUT2D eigenvalue weighted by molar-refractivity contribution is 7.85. The van der Waals surface area contributed by atoms with Crippen molar-refractivity contribution in [2.45, 2.75) is 33.0 Å². The molecular weight excluding hydrogens is 448 g/mol. The zero-order chi connectivity index (χ0) is 24.2. The minimum absolute atomic E-state index is 0.109. The van der Waals surface area contributed by atoms with Crippen LogP contribution in [-0.4, -0.2) is 56.8 Å². The number of carbonyl (C=O) groups excluding carboxylic acids is 2. The molecule has 178 valence electrons. The molecule has 9 nitrogen and oxygen atoms in total. The number of para-hydroxylation sites is 3. The summed E-state index contributed by atoms with van der Waals surface area (Å²) in [4.78, 5) is 28.2. The molecule has 0 saturated carbocycles. The number of hydrogen-bond donors (Lipinski definition) is 0. The molecule has 1 aliphatic heterocycles. The maximum Gasteiger partial charge on any atom is 0.410 e. The van der Waals surface area contributed by atoms with E-state index in [1.807, 2.05) is 0 Å². The highest BCUT2D eigenvalue weighted by Crippen LogP contribution is 2.35. The first kappa shape index (κ1) is 24.5. The van der Waals surface area contributed by atoms with E-state index in [1.54, 1.807) is 74.2 Å². The molecule has 2 aromatic rings. The molecule has 0 radical (unpaired) electrons. The highest BCUT2D eigenvalue weighted by atomic mass is 32.2. The topological polar surface area (TPSA) is 102 Å². The third-order valence-corrected chi connectivity index (χ3v) is 5.20. The van der Waals surface area contributed by atoms with Crippen molar-refractivity contribution in [3.8, 4) is 11.5 Å². The van der Waals surface area contributed by atoms with Gasteiger partial charge in [0.05, 0.1) is 18.6 Å². The van der Waals surface area contributed by atoms with Crippen molar-refractivity contribution in [1.29, 1.82) is 0 Å². The second kappa shape index (κ2) is 9.80. The largest absolute Gasteiger partial charge is 0.455 e. The van der Waals surface area contributed by atoms with E-state index in [2.05, 4.69) is 0 Å². The molecule has 2 aromatic carbocycles. The Morgan fingerprint density at radius 2 is 1.64 bits per heavy atom.